The lowest BCUT2D eigenvalue weighted by Crippen LogP contribution is -2.16. The Bertz CT molecular complexity index is 789. The van der Waals surface area contributed by atoms with Crippen molar-refractivity contribution in [2.45, 2.75) is 58.3 Å². The Morgan fingerprint density at radius 3 is 2.42 bits per heavy atom. The molecule has 1 aromatic carbocycles. The second kappa shape index (κ2) is 7.48. The normalized spacial score (nSPS) is 14.3. The third kappa shape index (κ3) is 4.06. The Kier molecular flexibility index (Phi) is 5.30. The van der Waals surface area contributed by atoms with E-state index >= 15 is 0 Å². The van der Waals surface area contributed by atoms with E-state index in [9.17, 15) is 4.79 Å². The van der Waals surface area contributed by atoms with Crippen LogP contribution >= 0.6 is 0 Å². The number of amides is 1. The van der Waals surface area contributed by atoms with E-state index in [1.54, 1.807) is 7.11 Å². The molecule has 1 aromatic heterocycles. The first-order chi connectivity index (χ1) is 12.4. The highest BCUT2D eigenvalue weighted by atomic mass is 16.5. The smallest absolute Gasteiger partial charge is 0.261 e. The van der Waals surface area contributed by atoms with Gasteiger partial charge in [0, 0.05) is 11.4 Å². The van der Waals surface area contributed by atoms with Crippen LogP contribution in [-0.4, -0.2) is 18.0 Å². The summed E-state index contributed by atoms with van der Waals surface area (Å²) in [5, 5.41) is 2.98. The third-order valence-electron chi connectivity index (χ3n) is 4.96. The van der Waals surface area contributed by atoms with Crippen LogP contribution in [0.2, 0.25) is 0 Å². The highest BCUT2D eigenvalue weighted by Gasteiger charge is 2.20. The van der Waals surface area contributed by atoms with Crippen LogP contribution in [0.5, 0.6) is 5.88 Å². The van der Waals surface area contributed by atoms with Gasteiger partial charge >= 0.3 is 0 Å². The van der Waals surface area contributed by atoms with Gasteiger partial charge in [-0.1, -0.05) is 39.3 Å². The molecule has 0 bridgehead atoms. The third-order valence-corrected chi connectivity index (χ3v) is 4.96. The number of carbonyl (C=O) groups is 1. The fraction of sp³-hybridized carbons (Fsp3) is 0.455. The van der Waals surface area contributed by atoms with E-state index in [1.165, 1.54) is 17.5 Å². The van der Waals surface area contributed by atoms with Gasteiger partial charge in [0.2, 0.25) is 5.88 Å². The minimum absolute atomic E-state index is 0.0900. The quantitative estimate of drug-likeness (QED) is 0.799. The summed E-state index contributed by atoms with van der Waals surface area (Å²) in [4.78, 5) is 17.4. The first-order valence-electron chi connectivity index (χ1n) is 9.37. The van der Waals surface area contributed by atoms with Crippen molar-refractivity contribution < 1.29 is 9.53 Å². The molecule has 0 atom stereocenters. The van der Waals surface area contributed by atoms with Crippen LogP contribution in [-0.2, 0) is 18.3 Å². The maximum Gasteiger partial charge on any atom is 0.261 e. The van der Waals surface area contributed by atoms with Gasteiger partial charge in [-0.05, 0) is 60.4 Å². The van der Waals surface area contributed by atoms with E-state index < -0.39 is 0 Å². The molecule has 4 nitrogen and oxygen atoms in total. The van der Waals surface area contributed by atoms with E-state index in [1.807, 2.05) is 18.2 Å². The Balaban J connectivity index is 1.84. The van der Waals surface area contributed by atoms with Gasteiger partial charge in [0.1, 0.15) is 5.56 Å². The van der Waals surface area contributed by atoms with Crippen molar-refractivity contribution in [3.8, 4) is 5.88 Å². The van der Waals surface area contributed by atoms with Crippen LogP contribution in [0.1, 0.15) is 67.2 Å². The van der Waals surface area contributed by atoms with Crippen molar-refractivity contribution in [2.24, 2.45) is 0 Å². The molecule has 0 fully saturated rings. The summed E-state index contributed by atoms with van der Waals surface area (Å²) in [5.41, 5.74) is 4.86. The highest BCUT2D eigenvalue weighted by Crippen LogP contribution is 2.27. The van der Waals surface area contributed by atoms with Gasteiger partial charge in [-0.15, -0.1) is 0 Å². The van der Waals surface area contributed by atoms with E-state index in [4.69, 9.17) is 4.74 Å². The second-order valence-corrected chi connectivity index (χ2v) is 7.99. The molecule has 1 amide bonds. The first-order valence-corrected chi connectivity index (χ1v) is 9.37. The zero-order chi connectivity index (χ0) is 18.7. The van der Waals surface area contributed by atoms with Gasteiger partial charge in [-0.25, -0.2) is 4.98 Å². The topological polar surface area (TPSA) is 51.2 Å². The van der Waals surface area contributed by atoms with Crippen LogP contribution in [0.4, 0.5) is 5.69 Å². The van der Waals surface area contributed by atoms with E-state index in [-0.39, 0.29) is 11.3 Å². The highest BCUT2D eigenvalue weighted by molar-refractivity contribution is 6.06. The lowest BCUT2D eigenvalue weighted by Gasteiger charge is -2.19. The maximum atomic E-state index is 12.8. The molecule has 0 saturated heterocycles. The molecular formula is C22H28N2O2. The number of hydrogen-bond acceptors (Lipinski definition) is 3. The molecule has 1 aliphatic rings. The molecule has 0 radical (unpaired) electrons. The molecule has 0 saturated carbocycles. The number of aromatic nitrogens is 1. The maximum absolute atomic E-state index is 12.8. The van der Waals surface area contributed by atoms with Crippen molar-refractivity contribution in [1.29, 1.82) is 0 Å². The summed E-state index contributed by atoms with van der Waals surface area (Å²) in [6, 6.07) is 9.97. The van der Waals surface area contributed by atoms with E-state index in [0.717, 1.165) is 37.1 Å². The Hall–Kier alpha value is -2.36. The molecule has 0 spiro atoms. The van der Waals surface area contributed by atoms with Gasteiger partial charge in [0.15, 0.2) is 0 Å². The van der Waals surface area contributed by atoms with E-state index in [0.29, 0.717) is 11.4 Å². The lowest BCUT2D eigenvalue weighted by molar-refractivity contribution is 0.102. The molecule has 1 N–H and O–H groups in total. The molecular weight excluding hydrogens is 324 g/mol. The van der Waals surface area contributed by atoms with Crippen LogP contribution in [0.15, 0.2) is 30.3 Å². The molecule has 2 aromatic rings. The number of carbonyl (C=O) groups excluding carboxylic acids is 1. The van der Waals surface area contributed by atoms with Crippen molar-refractivity contribution in [3.63, 3.8) is 0 Å². The molecule has 0 aliphatic heterocycles. The number of fused-ring (bicyclic) bond motifs is 1. The van der Waals surface area contributed by atoms with Gasteiger partial charge in [0.25, 0.3) is 5.91 Å². The SMILES string of the molecule is COc1nc2c(cc1C(=O)Nc1ccc(C(C)(C)C)cc1)CCCCC2. The van der Waals surface area contributed by atoms with Crippen molar-refractivity contribution in [2.75, 3.05) is 12.4 Å². The minimum Gasteiger partial charge on any atom is -0.480 e. The number of aryl methyl sites for hydroxylation is 2. The fourth-order valence-electron chi connectivity index (χ4n) is 3.36. The fourth-order valence-corrected chi connectivity index (χ4v) is 3.36. The number of pyridine rings is 1. The molecule has 0 unspecified atom stereocenters. The summed E-state index contributed by atoms with van der Waals surface area (Å²) in [5.74, 6) is 0.236. The van der Waals surface area contributed by atoms with E-state index in [2.05, 4.69) is 43.2 Å². The van der Waals surface area contributed by atoms with Crippen molar-refractivity contribution in [3.05, 3.63) is 52.7 Å². The first kappa shape index (κ1) is 18.4. The number of rotatable bonds is 3. The number of hydrogen-bond donors (Lipinski definition) is 1. The zero-order valence-electron chi connectivity index (χ0n) is 16.2. The molecule has 1 aliphatic carbocycles. The number of anilines is 1. The largest absolute Gasteiger partial charge is 0.480 e. The number of methoxy groups -OCH3 is 1. The lowest BCUT2D eigenvalue weighted by atomic mass is 9.87. The molecule has 26 heavy (non-hydrogen) atoms. The van der Waals surface area contributed by atoms with Crippen LogP contribution in [0.25, 0.3) is 0 Å². The Morgan fingerprint density at radius 2 is 1.77 bits per heavy atom. The monoisotopic (exact) mass is 352 g/mol. The Morgan fingerprint density at radius 1 is 1.08 bits per heavy atom. The average molecular weight is 352 g/mol. The zero-order valence-corrected chi connectivity index (χ0v) is 16.2. The summed E-state index contributed by atoms with van der Waals surface area (Å²) < 4.78 is 5.40. The van der Waals surface area contributed by atoms with Crippen molar-refractivity contribution in [1.82, 2.24) is 4.98 Å². The van der Waals surface area contributed by atoms with Gasteiger partial charge in [0.05, 0.1) is 7.11 Å². The van der Waals surface area contributed by atoms with Crippen LogP contribution in [0.3, 0.4) is 0 Å². The van der Waals surface area contributed by atoms with Crippen LogP contribution < -0.4 is 10.1 Å². The summed E-state index contributed by atoms with van der Waals surface area (Å²) in [6.45, 7) is 6.52. The van der Waals surface area contributed by atoms with Crippen molar-refractivity contribution >= 4 is 11.6 Å². The standard InChI is InChI=1S/C22H28N2O2/c1-22(2,3)16-10-12-17(13-11-16)23-20(25)18-14-15-8-6-5-7-9-19(15)24-21(18)26-4/h10-14H,5-9H2,1-4H3,(H,23,25). The molecule has 3 rings (SSSR count). The predicted molar refractivity (Wildman–Crippen MR) is 105 cm³/mol. The predicted octanol–water partition coefficient (Wildman–Crippen LogP) is 4.91. The average Bonchev–Trinajstić information content (AvgIpc) is 2.84. The number of nitrogens with one attached hydrogen (secondary N) is 1. The Labute approximate surface area is 156 Å². The summed E-state index contributed by atoms with van der Waals surface area (Å²) >= 11 is 0. The number of ether oxygens (including phenoxy) is 1. The molecule has 138 valence electrons. The van der Waals surface area contributed by atoms with Gasteiger partial charge in [-0.2, -0.15) is 0 Å². The van der Waals surface area contributed by atoms with Gasteiger partial charge in [-0.3, -0.25) is 4.79 Å². The second-order valence-electron chi connectivity index (χ2n) is 7.99. The minimum atomic E-state index is -0.176. The van der Waals surface area contributed by atoms with Gasteiger partial charge < -0.3 is 10.1 Å². The summed E-state index contributed by atoms with van der Waals surface area (Å²) in [6.07, 6.45) is 5.44. The molecule has 1 heterocycles. The summed E-state index contributed by atoms with van der Waals surface area (Å²) in [7, 11) is 1.57. The number of benzene rings is 1. The molecule has 4 heteroatoms. The van der Waals surface area contributed by atoms with Crippen LogP contribution in [0, 0.1) is 0 Å². The number of nitrogens with zero attached hydrogens (tertiary/aromatic N) is 1.